The normalized spacial score (nSPS) is 27.3. The van der Waals surface area contributed by atoms with E-state index in [0.29, 0.717) is 25.6 Å². The van der Waals surface area contributed by atoms with Gasteiger partial charge in [0.1, 0.15) is 49.0 Å². The molecule has 3 heterocycles. The summed E-state index contributed by atoms with van der Waals surface area (Å²) < 4.78 is 70.0. The van der Waals surface area contributed by atoms with E-state index in [2.05, 4.69) is 0 Å². The van der Waals surface area contributed by atoms with Crippen LogP contribution in [-0.4, -0.2) is 88.2 Å². The highest BCUT2D eigenvalue weighted by Crippen LogP contribution is 2.39. The number of methoxy groups -OCH3 is 2. The summed E-state index contributed by atoms with van der Waals surface area (Å²) in [6.07, 6.45) is -3.86. The van der Waals surface area contributed by atoms with Gasteiger partial charge in [-0.1, -0.05) is 91.0 Å². The predicted molar refractivity (Wildman–Crippen MR) is 190 cm³/mol. The molecule has 0 amide bonds. The lowest BCUT2D eigenvalue weighted by molar-refractivity contribution is -0.281. The zero-order valence-corrected chi connectivity index (χ0v) is 30.9. The van der Waals surface area contributed by atoms with Crippen molar-refractivity contribution in [3.8, 4) is 0 Å². The van der Waals surface area contributed by atoms with Crippen LogP contribution in [0.15, 0.2) is 103 Å². The quantitative estimate of drug-likeness (QED) is 0.147. The second-order valence-electron chi connectivity index (χ2n) is 14.0. The van der Waals surface area contributed by atoms with E-state index < -0.39 is 60.8 Å². The van der Waals surface area contributed by atoms with Crippen molar-refractivity contribution in [1.29, 1.82) is 0 Å². The lowest BCUT2D eigenvalue weighted by atomic mass is 10.0. The Morgan fingerprint density at radius 3 is 1.77 bits per heavy atom. The molecule has 7 atom stereocenters. The molecule has 0 radical (unpaired) electrons. The largest absolute Gasteiger partial charge is 0.464 e. The van der Waals surface area contributed by atoms with Crippen LogP contribution >= 0.6 is 0 Å². The maximum absolute atomic E-state index is 7.05. The van der Waals surface area contributed by atoms with Crippen LogP contribution < -0.4 is 0 Å². The summed E-state index contributed by atoms with van der Waals surface area (Å²) in [7, 11) is 3.12. The van der Waals surface area contributed by atoms with E-state index in [1.54, 1.807) is 14.2 Å². The highest BCUT2D eigenvalue weighted by atomic mass is 16.8. The van der Waals surface area contributed by atoms with Crippen LogP contribution in [0.2, 0.25) is 0 Å². The molecule has 0 aliphatic carbocycles. The zero-order chi connectivity index (χ0) is 36.6. The van der Waals surface area contributed by atoms with Crippen molar-refractivity contribution >= 4 is 0 Å². The maximum atomic E-state index is 7.05. The topological polar surface area (TPSA) is 102 Å². The Morgan fingerprint density at radius 2 is 1.21 bits per heavy atom. The highest BCUT2D eigenvalue weighted by Gasteiger charge is 2.55. The standard InChI is InChI=1S/C41H52O11/c1-40(2)47-27-33(50-40)34(36-37(38(42-5)43-6)52-41(3,4)51-36)49-39-35(46-25-30-20-14-9-15-21-30)32(45-24-29-18-12-8-13-19-29)22-31(48-39)26-44-23-28-16-10-7-11-17-28/h7-22,32-39H,23-27H2,1-6H3/t32-,33+,34+,35+,36-,37+,39-/m0/s1. The van der Waals surface area contributed by atoms with E-state index in [4.69, 9.17) is 52.1 Å². The smallest absolute Gasteiger partial charge is 0.229 e. The fourth-order valence-electron chi connectivity index (χ4n) is 6.62. The first-order valence-corrected chi connectivity index (χ1v) is 17.8. The number of hydrogen-bond donors (Lipinski definition) is 0. The molecule has 11 nitrogen and oxygen atoms in total. The Balaban J connectivity index is 1.33. The van der Waals surface area contributed by atoms with Crippen molar-refractivity contribution in [2.24, 2.45) is 0 Å². The molecule has 0 bridgehead atoms. The van der Waals surface area contributed by atoms with Crippen LogP contribution in [0.5, 0.6) is 0 Å². The van der Waals surface area contributed by atoms with E-state index in [1.165, 1.54) is 0 Å². The summed E-state index contributed by atoms with van der Waals surface area (Å²) in [6, 6.07) is 29.9. The molecule has 0 spiro atoms. The summed E-state index contributed by atoms with van der Waals surface area (Å²) in [5, 5.41) is 0. The molecule has 0 N–H and O–H groups in total. The van der Waals surface area contributed by atoms with Gasteiger partial charge in [-0.05, 0) is 50.5 Å². The SMILES string of the molecule is COC(OC)[C@@H]1OC(C)(C)O[C@H]1[C@H](O[C@@H]1OC(COCc2ccccc2)=C[C@H](OCc2ccccc2)[C@H]1OCc1ccccc1)[C@H]1COC(C)(C)O1. The van der Waals surface area contributed by atoms with Gasteiger partial charge in [0.05, 0.1) is 26.4 Å². The van der Waals surface area contributed by atoms with Gasteiger partial charge in [0, 0.05) is 14.2 Å². The van der Waals surface area contributed by atoms with Gasteiger partial charge < -0.3 is 52.1 Å². The van der Waals surface area contributed by atoms with Gasteiger partial charge in [0.25, 0.3) is 0 Å². The van der Waals surface area contributed by atoms with Gasteiger partial charge in [-0.15, -0.1) is 0 Å². The first-order valence-electron chi connectivity index (χ1n) is 17.8. The molecule has 0 aromatic heterocycles. The molecular weight excluding hydrogens is 668 g/mol. The Hall–Kier alpha value is -3.20. The minimum atomic E-state index is -0.987. The van der Waals surface area contributed by atoms with Crippen LogP contribution in [-0.2, 0) is 71.9 Å². The molecule has 3 aliphatic rings. The molecule has 282 valence electrons. The van der Waals surface area contributed by atoms with Crippen molar-refractivity contribution in [3.05, 3.63) is 120 Å². The summed E-state index contributed by atoms with van der Waals surface area (Å²) in [5.41, 5.74) is 3.06. The number of benzene rings is 3. The lowest BCUT2D eigenvalue weighted by Crippen LogP contribution is -2.55. The van der Waals surface area contributed by atoms with Gasteiger partial charge in [-0.25, -0.2) is 0 Å². The molecule has 0 saturated carbocycles. The van der Waals surface area contributed by atoms with Crippen LogP contribution in [0.1, 0.15) is 44.4 Å². The highest BCUT2D eigenvalue weighted by molar-refractivity contribution is 5.16. The van der Waals surface area contributed by atoms with Gasteiger partial charge in [0.2, 0.25) is 6.29 Å². The monoisotopic (exact) mass is 720 g/mol. The summed E-state index contributed by atoms with van der Waals surface area (Å²) in [5.74, 6) is -1.28. The van der Waals surface area contributed by atoms with E-state index in [0.717, 1.165) is 16.7 Å². The van der Waals surface area contributed by atoms with E-state index in [1.807, 2.05) is 125 Å². The van der Waals surface area contributed by atoms with Crippen molar-refractivity contribution in [2.45, 2.75) is 108 Å². The number of rotatable bonds is 17. The molecule has 52 heavy (non-hydrogen) atoms. The average Bonchev–Trinajstić information content (AvgIpc) is 3.68. The summed E-state index contributed by atoms with van der Waals surface area (Å²) >= 11 is 0. The molecule has 3 aliphatic heterocycles. The van der Waals surface area contributed by atoms with Crippen LogP contribution in [0, 0.1) is 0 Å². The van der Waals surface area contributed by atoms with Gasteiger partial charge in [0.15, 0.2) is 17.9 Å². The first kappa shape index (κ1) is 38.5. The zero-order valence-electron chi connectivity index (χ0n) is 30.9. The van der Waals surface area contributed by atoms with Crippen molar-refractivity contribution in [2.75, 3.05) is 27.4 Å². The Labute approximate surface area is 306 Å². The van der Waals surface area contributed by atoms with E-state index in [-0.39, 0.29) is 13.2 Å². The molecule has 6 rings (SSSR count). The second kappa shape index (κ2) is 17.7. The van der Waals surface area contributed by atoms with Crippen molar-refractivity contribution in [3.63, 3.8) is 0 Å². The molecule has 0 unspecified atom stereocenters. The third-order valence-corrected chi connectivity index (χ3v) is 9.04. The minimum Gasteiger partial charge on any atom is -0.464 e. The summed E-state index contributed by atoms with van der Waals surface area (Å²) in [6.45, 7) is 8.89. The average molecular weight is 721 g/mol. The first-order chi connectivity index (χ1) is 25.1. The second-order valence-corrected chi connectivity index (χ2v) is 14.0. The van der Waals surface area contributed by atoms with Crippen LogP contribution in [0.25, 0.3) is 0 Å². The van der Waals surface area contributed by atoms with Gasteiger partial charge in [-0.2, -0.15) is 0 Å². The maximum Gasteiger partial charge on any atom is 0.229 e. The van der Waals surface area contributed by atoms with Crippen LogP contribution in [0.3, 0.4) is 0 Å². The van der Waals surface area contributed by atoms with Gasteiger partial charge >= 0.3 is 0 Å². The molecular formula is C41H52O11. The fraction of sp³-hybridized carbons (Fsp3) is 0.512. The molecule has 11 heteroatoms. The Kier molecular flexibility index (Phi) is 13.1. The Morgan fingerprint density at radius 1 is 0.654 bits per heavy atom. The molecule has 3 aromatic rings. The van der Waals surface area contributed by atoms with Crippen LogP contribution in [0.4, 0.5) is 0 Å². The summed E-state index contributed by atoms with van der Waals surface area (Å²) in [4.78, 5) is 0. The van der Waals surface area contributed by atoms with E-state index in [9.17, 15) is 0 Å². The molecule has 3 aromatic carbocycles. The number of hydrogen-bond acceptors (Lipinski definition) is 11. The third-order valence-electron chi connectivity index (χ3n) is 9.04. The number of ether oxygens (including phenoxy) is 11. The van der Waals surface area contributed by atoms with Crippen molar-refractivity contribution in [1.82, 2.24) is 0 Å². The predicted octanol–water partition coefficient (Wildman–Crippen LogP) is 6.29. The van der Waals surface area contributed by atoms with Crippen molar-refractivity contribution < 1.29 is 52.1 Å². The minimum absolute atomic E-state index is 0.181. The third kappa shape index (κ3) is 10.3. The lowest BCUT2D eigenvalue weighted by Gasteiger charge is -2.41. The molecule has 2 saturated heterocycles. The Bertz CT molecular complexity index is 1530. The fourth-order valence-corrected chi connectivity index (χ4v) is 6.62. The van der Waals surface area contributed by atoms with E-state index >= 15 is 0 Å². The van der Waals surface area contributed by atoms with Gasteiger partial charge in [-0.3, -0.25) is 0 Å². The molecule has 2 fully saturated rings.